The summed E-state index contributed by atoms with van der Waals surface area (Å²) in [5.74, 6) is 0. The number of benzene rings is 2. The van der Waals surface area contributed by atoms with E-state index in [0.29, 0.717) is 6.04 Å². The molecule has 0 fully saturated rings. The lowest BCUT2D eigenvalue weighted by Crippen LogP contribution is -2.19. The van der Waals surface area contributed by atoms with E-state index in [4.69, 9.17) is 11.6 Å². The molecule has 0 radical (unpaired) electrons. The summed E-state index contributed by atoms with van der Waals surface area (Å²) in [6.07, 6.45) is 1.16. The molecule has 0 saturated heterocycles. The maximum absolute atomic E-state index is 5.90. The zero-order chi connectivity index (χ0) is 14.4. The van der Waals surface area contributed by atoms with Crippen LogP contribution in [0.25, 0.3) is 0 Å². The van der Waals surface area contributed by atoms with Crippen LogP contribution in [0.2, 0.25) is 5.02 Å². The van der Waals surface area contributed by atoms with Crippen molar-refractivity contribution in [2.24, 2.45) is 0 Å². The van der Waals surface area contributed by atoms with E-state index in [1.807, 2.05) is 24.3 Å². The fraction of sp³-hybridized carbons (Fsp3) is 0.294. The maximum Gasteiger partial charge on any atom is 0.0406 e. The lowest BCUT2D eigenvalue weighted by molar-refractivity contribution is 0.570. The van der Waals surface area contributed by atoms with E-state index in [9.17, 15) is 0 Å². The highest BCUT2D eigenvalue weighted by Crippen LogP contribution is 2.29. The Hall–Kier alpha value is -0.960. The molecule has 20 heavy (non-hydrogen) atoms. The van der Waals surface area contributed by atoms with Crippen LogP contribution in [0.15, 0.2) is 58.3 Å². The van der Waals surface area contributed by atoms with Gasteiger partial charge in [-0.25, -0.2) is 0 Å². The van der Waals surface area contributed by atoms with E-state index >= 15 is 0 Å². The minimum atomic E-state index is 0.407. The fourth-order valence-corrected chi connectivity index (χ4v) is 2.88. The van der Waals surface area contributed by atoms with Crippen LogP contribution in [0, 0.1) is 0 Å². The number of hydrogen-bond donors (Lipinski definition) is 1. The number of rotatable bonds is 6. The molecule has 1 unspecified atom stereocenters. The minimum absolute atomic E-state index is 0.407. The van der Waals surface area contributed by atoms with Crippen molar-refractivity contribution in [2.75, 3.05) is 6.54 Å². The monoisotopic (exact) mass is 305 g/mol. The van der Waals surface area contributed by atoms with E-state index in [1.165, 1.54) is 15.4 Å². The van der Waals surface area contributed by atoms with Gasteiger partial charge in [0.1, 0.15) is 0 Å². The highest BCUT2D eigenvalue weighted by atomic mass is 35.5. The van der Waals surface area contributed by atoms with Gasteiger partial charge in [0.25, 0.3) is 0 Å². The van der Waals surface area contributed by atoms with E-state index < -0.39 is 0 Å². The predicted octanol–water partition coefficient (Wildman–Crippen LogP) is 5.55. The van der Waals surface area contributed by atoms with Crippen molar-refractivity contribution in [2.45, 2.75) is 36.1 Å². The van der Waals surface area contributed by atoms with Gasteiger partial charge in [0, 0.05) is 20.9 Å². The van der Waals surface area contributed by atoms with Crippen LogP contribution in [0.5, 0.6) is 0 Å². The average molecular weight is 306 g/mol. The normalized spacial score (nSPS) is 12.3. The predicted molar refractivity (Wildman–Crippen MR) is 88.7 cm³/mol. The standard InChI is InChI=1S/C17H20ClNS/c1-3-12-19-13(2)14-4-8-16(9-5-14)20-17-10-6-15(18)7-11-17/h4-11,13,19H,3,12H2,1-2H3. The van der Waals surface area contributed by atoms with Gasteiger partial charge >= 0.3 is 0 Å². The van der Waals surface area contributed by atoms with E-state index in [-0.39, 0.29) is 0 Å². The second-order valence-corrected chi connectivity index (χ2v) is 6.38. The van der Waals surface area contributed by atoms with Crippen LogP contribution >= 0.6 is 23.4 Å². The van der Waals surface area contributed by atoms with Crippen LogP contribution in [0.4, 0.5) is 0 Å². The molecule has 0 aliphatic rings. The topological polar surface area (TPSA) is 12.0 Å². The first-order valence-corrected chi connectivity index (χ1v) is 8.15. The number of nitrogens with one attached hydrogen (secondary N) is 1. The summed E-state index contributed by atoms with van der Waals surface area (Å²) in [5.41, 5.74) is 1.33. The van der Waals surface area contributed by atoms with Gasteiger partial charge in [-0.1, -0.05) is 42.4 Å². The summed E-state index contributed by atoms with van der Waals surface area (Å²) in [6.45, 7) is 5.45. The zero-order valence-corrected chi connectivity index (χ0v) is 13.5. The SMILES string of the molecule is CCCNC(C)c1ccc(Sc2ccc(Cl)cc2)cc1. The molecular weight excluding hydrogens is 286 g/mol. The molecule has 0 heterocycles. The zero-order valence-electron chi connectivity index (χ0n) is 11.9. The van der Waals surface area contributed by atoms with Crippen LogP contribution < -0.4 is 5.32 Å². The van der Waals surface area contributed by atoms with Crippen molar-refractivity contribution < 1.29 is 0 Å². The summed E-state index contributed by atoms with van der Waals surface area (Å²) in [4.78, 5) is 2.46. The molecule has 2 aromatic rings. The molecule has 106 valence electrons. The van der Waals surface area contributed by atoms with Gasteiger partial charge in [0.05, 0.1) is 0 Å². The maximum atomic E-state index is 5.90. The van der Waals surface area contributed by atoms with Crippen molar-refractivity contribution in [3.63, 3.8) is 0 Å². The molecule has 0 spiro atoms. The molecule has 1 nitrogen and oxygen atoms in total. The third-order valence-electron chi connectivity index (χ3n) is 3.13. The number of hydrogen-bond acceptors (Lipinski definition) is 2. The first kappa shape index (κ1) is 15.4. The molecule has 1 N–H and O–H groups in total. The molecule has 2 aromatic carbocycles. The molecule has 3 heteroatoms. The third-order valence-corrected chi connectivity index (χ3v) is 4.40. The Balaban J connectivity index is 1.99. The van der Waals surface area contributed by atoms with Crippen molar-refractivity contribution in [1.29, 1.82) is 0 Å². The summed E-state index contributed by atoms with van der Waals surface area (Å²) in [7, 11) is 0. The molecule has 0 aliphatic heterocycles. The van der Waals surface area contributed by atoms with Crippen molar-refractivity contribution >= 4 is 23.4 Å². The van der Waals surface area contributed by atoms with Gasteiger partial charge in [-0.3, -0.25) is 0 Å². The molecule has 0 amide bonds. The molecule has 0 aliphatic carbocycles. The Morgan fingerprint density at radius 3 is 2.10 bits per heavy atom. The molecule has 0 aromatic heterocycles. The highest BCUT2D eigenvalue weighted by molar-refractivity contribution is 7.99. The van der Waals surface area contributed by atoms with E-state index in [1.54, 1.807) is 11.8 Å². The van der Waals surface area contributed by atoms with Gasteiger partial charge in [0.2, 0.25) is 0 Å². The molecule has 2 rings (SSSR count). The van der Waals surface area contributed by atoms with Crippen molar-refractivity contribution in [3.05, 3.63) is 59.1 Å². The Bertz CT molecular complexity index is 522. The lowest BCUT2D eigenvalue weighted by Gasteiger charge is -2.14. The Labute approximate surface area is 130 Å². The lowest BCUT2D eigenvalue weighted by atomic mass is 10.1. The summed E-state index contributed by atoms with van der Waals surface area (Å²) in [6, 6.07) is 17.1. The van der Waals surface area contributed by atoms with Gasteiger partial charge < -0.3 is 5.32 Å². The van der Waals surface area contributed by atoms with Crippen LogP contribution in [-0.2, 0) is 0 Å². The summed E-state index contributed by atoms with van der Waals surface area (Å²) >= 11 is 7.65. The second kappa shape index (κ2) is 7.72. The number of halogens is 1. The first-order valence-electron chi connectivity index (χ1n) is 6.96. The third kappa shape index (κ3) is 4.55. The minimum Gasteiger partial charge on any atom is -0.310 e. The molecule has 0 bridgehead atoms. The van der Waals surface area contributed by atoms with Gasteiger partial charge in [0.15, 0.2) is 0 Å². The van der Waals surface area contributed by atoms with E-state index in [0.717, 1.165) is 18.0 Å². The quantitative estimate of drug-likeness (QED) is 0.750. The van der Waals surface area contributed by atoms with Gasteiger partial charge in [-0.15, -0.1) is 0 Å². The van der Waals surface area contributed by atoms with Gasteiger partial charge in [-0.05, 0) is 61.9 Å². The second-order valence-electron chi connectivity index (χ2n) is 4.80. The average Bonchev–Trinajstić information content (AvgIpc) is 2.48. The van der Waals surface area contributed by atoms with Crippen LogP contribution in [0.1, 0.15) is 31.9 Å². The summed E-state index contributed by atoms with van der Waals surface area (Å²) < 4.78 is 0. The molecule has 0 saturated carbocycles. The Kier molecular flexibility index (Phi) is 5.96. The largest absolute Gasteiger partial charge is 0.310 e. The van der Waals surface area contributed by atoms with E-state index in [2.05, 4.69) is 43.4 Å². The van der Waals surface area contributed by atoms with Gasteiger partial charge in [-0.2, -0.15) is 0 Å². The molecule has 1 atom stereocenters. The summed E-state index contributed by atoms with van der Waals surface area (Å²) in [5, 5.41) is 4.28. The first-order chi connectivity index (χ1) is 9.69. The van der Waals surface area contributed by atoms with Crippen molar-refractivity contribution in [1.82, 2.24) is 5.32 Å². The van der Waals surface area contributed by atoms with Crippen LogP contribution in [-0.4, -0.2) is 6.54 Å². The molecular formula is C17H20ClNS. The highest BCUT2D eigenvalue weighted by Gasteiger charge is 2.04. The smallest absolute Gasteiger partial charge is 0.0406 e. The Morgan fingerprint density at radius 1 is 1.00 bits per heavy atom. The fourth-order valence-electron chi connectivity index (χ4n) is 1.94. The van der Waals surface area contributed by atoms with Crippen LogP contribution in [0.3, 0.4) is 0 Å². The Morgan fingerprint density at radius 2 is 1.55 bits per heavy atom. The van der Waals surface area contributed by atoms with Crippen molar-refractivity contribution in [3.8, 4) is 0 Å².